The lowest BCUT2D eigenvalue weighted by Crippen LogP contribution is -2.59. The minimum atomic E-state index is -0.148. The fourth-order valence-corrected chi connectivity index (χ4v) is 3.99. The molecular formula is C19H20N8O. The zero-order valence-corrected chi connectivity index (χ0v) is 15.6. The van der Waals surface area contributed by atoms with Crippen molar-refractivity contribution in [1.82, 2.24) is 34.9 Å². The molecule has 5 rings (SSSR count). The maximum absolute atomic E-state index is 11.3. The molecule has 0 aliphatic heterocycles. The lowest BCUT2D eigenvalue weighted by Gasteiger charge is -2.45. The van der Waals surface area contributed by atoms with Gasteiger partial charge in [0, 0.05) is 54.2 Å². The van der Waals surface area contributed by atoms with E-state index in [1.807, 2.05) is 30.7 Å². The molecule has 3 N–H and O–H groups in total. The Morgan fingerprint density at radius 2 is 2.18 bits per heavy atom. The maximum Gasteiger partial charge on any atom is 0.224 e. The molecule has 1 saturated carbocycles. The van der Waals surface area contributed by atoms with Gasteiger partial charge in [-0.25, -0.2) is 14.5 Å². The molecule has 9 nitrogen and oxygen atoms in total. The van der Waals surface area contributed by atoms with E-state index in [2.05, 4.69) is 42.6 Å². The van der Waals surface area contributed by atoms with E-state index in [0.717, 1.165) is 40.8 Å². The number of hydrogen-bond acceptors (Lipinski definition) is 6. The van der Waals surface area contributed by atoms with Crippen LogP contribution in [0.25, 0.3) is 27.9 Å². The zero-order chi connectivity index (χ0) is 19.3. The first-order chi connectivity index (χ1) is 13.5. The first kappa shape index (κ1) is 16.7. The second-order valence-electron chi connectivity index (χ2n) is 7.60. The second kappa shape index (κ2) is 6.01. The molecule has 1 amide bonds. The Kier molecular flexibility index (Phi) is 3.58. The van der Waals surface area contributed by atoms with Gasteiger partial charge in [-0.15, -0.1) is 0 Å². The van der Waals surface area contributed by atoms with Gasteiger partial charge in [0.2, 0.25) is 11.9 Å². The number of nitrogens with one attached hydrogen (secondary N) is 3. The molecule has 1 fully saturated rings. The lowest BCUT2D eigenvalue weighted by atomic mass is 9.74. The fourth-order valence-electron chi connectivity index (χ4n) is 3.99. The number of amides is 1. The van der Waals surface area contributed by atoms with Crippen molar-refractivity contribution in [2.24, 2.45) is 0 Å². The van der Waals surface area contributed by atoms with Crippen LogP contribution in [0.4, 0.5) is 5.95 Å². The van der Waals surface area contributed by atoms with Gasteiger partial charge < -0.3 is 15.6 Å². The minimum absolute atomic E-state index is 0.0000229. The predicted molar refractivity (Wildman–Crippen MR) is 105 cm³/mol. The molecule has 4 aromatic heterocycles. The van der Waals surface area contributed by atoms with Gasteiger partial charge >= 0.3 is 0 Å². The summed E-state index contributed by atoms with van der Waals surface area (Å²) in [6.07, 6.45) is 8.93. The van der Waals surface area contributed by atoms with E-state index in [1.54, 1.807) is 17.6 Å². The average molecular weight is 376 g/mol. The van der Waals surface area contributed by atoms with E-state index in [0.29, 0.717) is 5.95 Å². The number of carbonyl (C=O) groups is 1. The minimum Gasteiger partial charge on any atom is -0.351 e. The first-order valence-electron chi connectivity index (χ1n) is 9.19. The highest BCUT2D eigenvalue weighted by Gasteiger charge is 2.41. The molecule has 0 spiro atoms. The molecule has 9 heteroatoms. The van der Waals surface area contributed by atoms with Crippen LogP contribution < -0.4 is 10.6 Å². The smallest absolute Gasteiger partial charge is 0.224 e. The van der Waals surface area contributed by atoms with Crippen molar-refractivity contribution in [3.05, 3.63) is 36.9 Å². The Hall–Kier alpha value is -3.49. The molecule has 0 saturated heterocycles. The summed E-state index contributed by atoms with van der Waals surface area (Å²) in [7, 11) is 0. The molecule has 4 aromatic rings. The molecular weight excluding hydrogens is 356 g/mol. The van der Waals surface area contributed by atoms with Crippen molar-refractivity contribution < 1.29 is 4.79 Å². The number of rotatable bonds is 4. The van der Waals surface area contributed by atoms with Gasteiger partial charge in [-0.3, -0.25) is 4.79 Å². The number of carbonyl (C=O) groups excluding carboxylic acids is 1. The number of H-pyrrole nitrogens is 1. The summed E-state index contributed by atoms with van der Waals surface area (Å²) >= 11 is 0. The summed E-state index contributed by atoms with van der Waals surface area (Å²) in [5, 5.41) is 11.8. The number of fused-ring (bicyclic) bond motifs is 2. The second-order valence-corrected chi connectivity index (χ2v) is 7.60. The predicted octanol–water partition coefficient (Wildman–Crippen LogP) is 2.14. The van der Waals surface area contributed by atoms with E-state index in [1.165, 1.54) is 0 Å². The maximum atomic E-state index is 11.3. The van der Waals surface area contributed by atoms with Gasteiger partial charge in [0.1, 0.15) is 5.65 Å². The molecule has 0 bridgehead atoms. The van der Waals surface area contributed by atoms with E-state index in [4.69, 9.17) is 0 Å². The number of hydrogen-bond donors (Lipinski definition) is 3. The quantitative estimate of drug-likeness (QED) is 0.503. The van der Waals surface area contributed by atoms with Gasteiger partial charge in [0.25, 0.3) is 0 Å². The van der Waals surface area contributed by atoms with Crippen LogP contribution in [0.1, 0.15) is 26.7 Å². The third-order valence-corrected chi connectivity index (χ3v) is 5.17. The van der Waals surface area contributed by atoms with Crippen LogP contribution >= 0.6 is 0 Å². The van der Waals surface area contributed by atoms with Gasteiger partial charge in [-0.1, -0.05) is 0 Å². The standard InChI is InChI=1S/C19H20N8O/c1-11(28)25-19(2)7-12(8-19)23-18-22-10-14-13(9-21-17(14)24-18)15-3-4-16-20-5-6-27(16)26-15/h3-6,9-10,12H,7-8H2,1-2H3,(H,25,28)(H2,21,22,23,24). The van der Waals surface area contributed by atoms with Crippen LogP contribution in [0.15, 0.2) is 36.9 Å². The number of aromatic nitrogens is 6. The summed E-state index contributed by atoms with van der Waals surface area (Å²) < 4.78 is 1.74. The molecule has 0 radical (unpaired) electrons. The lowest BCUT2D eigenvalue weighted by molar-refractivity contribution is -0.121. The molecule has 0 aromatic carbocycles. The Morgan fingerprint density at radius 1 is 1.32 bits per heavy atom. The third kappa shape index (κ3) is 2.84. The van der Waals surface area contributed by atoms with Crippen molar-refractivity contribution in [3.8, 4) is 11.3 Å². The zero-order valence-electron chi connectivity index (χ0n) is 15.6. The van der Waals surface area contributed by atoms with Crippen molar-refractivity contribution in [3.63, 3.8) is 0 Å². The normalized spacial score (nSPS) is 21.6. The summed E-state index contributed by atoms with van der Waals surface area (Å²) in [4.78, 5) is 27.8. The third-order valence-electron chi connectivity index (χ3n) is 5.17. The SMILES string of the molecule is CC(=O)NC1(C)CC(Nc2ncc3c(-c4ccc5nccn5n4)c[nH]c3n2)C1. The molecule has 0 unspecified atom stereocenters. The van der Waals surface area contributed by atoms with Crippen LogP contribution in [0.3, 0.4) is 0 Å². The van der Waals surface area contributed by atoms with E-state index >= 15 is 0 Å². The summed E-state index contributed by atoms with van der Waals surface area (Å²) in [5.74, 6) is 0.578. The van der Waals surface area contributed by atoms with Gasteiger partial charge in [0.15, 0.2) is 5.65 Å². The van der Waals surface area contributed by atoms with Crippen LogP contribution in [0.5, 0.6) is 0 Å². The number of aromatic amines is 1. The monoisotopic (exact) mass is 376 g/mol. The largest absolute Gasteiger partial charge is 0.351 e. The topological polar surface area (TPSA) is 113 Å². The van der Waals surface area contributed by atoms with Crippen LogP contribution in [0.2, 0.25) is 0 Å². The van der Waals surface area contributed by atoms with E-state index < -0.39 is 0 Å². The Labute approximate surface area is 160 Å². The van der Waals surface area contributed by atoms with E-state index in [9.17, 15) is 4.79 Å². The van der Waals surface area contributed by atoms with E-state index in [-0.39, 0.29) is 17.5 Å². The van der Waals surface area contributed by atoms with Crippen LogP contribution in [0, 0.1) is 0 Å². The Balaban J connectivity index is 1.36. The van der Waals surface area contributed by atoms with Crippen molar-refractivity contribution in [2.75, 3.05) is 5.32 Å². The van der Waals surface area contributed by atoms with Crippen molar-refractivity contribution in [2.45, 2.75) is 38.3 Å². The number of imidazole rings is 1. The highest BCUT2D eigenvalue weighted by Crippen LogP contribution is 2.34. The van der Waals surface area contributed by atoms with Crippen LogP contribution in [-0.4, -0.2) is 47.0 Å². The molecule has 1 aliphatic carbocycles. The molecule has 0 atom stereocenters. The average Bonchev–Trinajstić information content (AvgIpc) is 3.25. The fraction of sp³-hybridized carbons (Fsp3) is 0.316. The Bertz CT molecular complexity index is 1190. The molecule has 28 heavy (non-hydrogen) atoms. The molecule has 4 heterocycles. The summed E-state index contributed by atoms with van der Waals surface area (Å²) in [5.41, 5.74) is 3.18. The van der Waals surface area contributed by atoms with Crippen molar-refractivity contribution in [1.29, 1.82) is 0 Å². The van der Waals surface area contributed by atoms with Crippen molar-refractivity contribution >= 4 is 28.5 Å². The number of nitrogens with zero attached hydrogens (tertiary/aromatic N) is 5. The van der Waals surface area contributed by atoms with Gasteiger partial charge in [0.05, 0.1) is 5.69 Å². The first-order valence-corrected chi connectivity index (χ1v) is 9.19. The summed E-state index contributed by atoms with van der Waals surface area (Å²) in [6.45, 7) is 3.60. The van der Waals surface area contributed by atoms with Gasteiger partial charge in [-0.05, 0) is 31.9 Å². The highest BCUT2D eigenvalue weighted by molar-refractivity contribution is 5.92. The molecule has 142 valence electrons. The van der Waals surface area contributed by atoms with Gasteiger partial charge in [-0.2, -0.15) is 10.1 Å². The Morgan fingerprint density at radius 3 is 3.00 bits per heavy atom. The highest BCUT2D eigenvalue weighted by atomic mass is 16.1. The number of anilines is 1. The summed E-state index contributed by atoms with van der Waals surface area (Å²) in [6, 6.07) is 4.11. The van der Waals surface area contributed by atoms with Crippen LogP contribution in [-0.2, 0) is 4.79 Å². The molecule has 1 aliphatic rings.